The molecule has 0 aromatic carbocycles. The Kier molecular flexibility index (Phi) is 2.81. The molecule has 18 heavy (non-hydrogen) atoms. The first-order valence-electron chi connectivity index (χ1n) is 6.29. The molecule has 4 atom stereocenters. The van der Waals surface area contributed by atoms with Crippen molar-refractivity contribution in [2.24, 2.45) is 0 Å². The molecule has 0 spiro atoms. The van der Waals surface area contributed by atoms with Crippen molar-refractivity contribution in [1.82, 2.24) is 0 Å². The van der Waals surface area contributed by atoms with Crippen molar-refractivity contribution in [2.45, 2.75) is 63.0 Å². The van der Waals surface area contributed by atoms with Crippen LogP contribution in [-0.4, -0.2) is 41.9 Å². The van der Waals surface area contributed by atoms with Crippen LogP contribution in [0.2, 0.25) is 0 Å². The third kappa shape index (κ3) is 2.10. The molecule has 0 saturated carbocycles. The number of halogens is 1. The quantitative estimate of drug-likeness (QED) is 0.501. The first-order valence-corrected chi connectivity index (χ1v) is 6.73. The largest absolute Gasteiger partial charge is 0.346 e. The second-order valence-electron chi connectivity index (χ2n) is 5.98. The Balaban J connectivity index is 1.91. The van der Waals surface area contributed by atoms with E-state index in [-0.39, 0.29) is 23.7 Å². The second-order valence-corrected chi connectivity index (χ2v) is 6.48. The lowest BCUT2D eigenvalue weighted by Crippen LogP contribution is -2.53. The van der Waals surface area contributed by atoms with E-state index in [9.17, 15) is 0 Å². The number of ether oxygens (including phenoxy) is 4. The summed E-state index contributed by atoms with van der Waals surface area (Å²) in [5, 5.41) is -0.198. The summed E-state index contributed by atoms with van der Waals surface area (Å²) in [6, 6.07) is 0. The van der Waals surface area contributed by atoms with Crippen LogP contribution < -0.4 is 0 Å². The van der Waals surface area contributed by atoms with Crippen LogP contribution >= 0.6 is 11.6 Å². The molecule has 0 aromatic rings. The van der Waals surface area contributed by atoms with E-state index in [1.807, 2.05) is 33.8 Å². The van der Waals surface area contributed by atoms with E-state index in [1.54, 1.807) is 0 Å². The fourth-order valence-corrected chi connectivity index (χ4v) is 3.13. The van der Waals surface area contributed by atoms with Gasteiger partial charge in [0, 0.05) is 0 Å². The van der Waals surface area contributed by atoms with Crippen LogP contribution in [0.4, 0.5) is 0 Å². The van der Waals surface area contributed by atoms with E-state index in [2.05, 4.69) is 0 Å². The maximum Gasteiger partial charge on any atom is 0.164 e. The van der Waals surface area contributed by atoms with Gasteiger partial charge < -0.3 is 18.9 Å². The van der Waals surface area contributed by atoms with Gasteiger partial charge in [0.2, 0.25) is 0 Å². The molecule has 0 unspecified atom stereocenters. The Bertz CT molecular complexity index is 390. The molecule has 3 aliphatic rings. The zero-order valence-electron chi connectivity index (χ0n) is 11.1. The van der Waals surface area contributed by atoms with Gasteiger partial charge in [0.05, 0.1) is 12.0 Å². The van der Waals surface area contributed by atoms with Gasteiger partial charge in [-0.1, -0.05) is 6.08 Å². The zero-order valence-corrected chi connectivity index (χ0v) is 11.9. The molecular weight excluding hydrogens is 256 g/mol. The van der Waals surface area contributed by atoms with Crippen LogP contribution in [0.3, 0.4) is 0 Å². The predicted octanol–water partition coefficient (Wildman–Crippen LogP) is 2.21. The van der Waals surface area contributed by atoms with Crippen molar-refractivity contribution in [1.29, 1.82) is 0 Å². The fourth-order valence-electron chi connectivity index (χ4n) is 2.77. The van der Waals surface area contributed by atoms with Crippen molar-refractivity contribution < 1.29 is 18.9 Å². The topological polar surface area (TPSA) is 36.9 Å². The van der Waals surface area contributed by atoms with Gasteiger partial charge in [-0.2, -0.15) is 0 Å². The summed E-state index contributed by atoms with van der Waals surface area (Å²) in [7, 11) is 0. The lowest BCUT2D eigenvalue weighted by Gasteiger charge is -2.43. The molecule has 0 bridgehead atoms. The molecule has 5 heteroatoms. The van der Waals surface area contributed by atoms with Crippen LogP contribution in [0.25, 0.3) is 0 Å². The van der Waals surface area contributed by atoms with Gasteiger partial charge in [-0.05, 0) is 33.3 Å². The molecule has 0 aromatic heterocycles. The maximum atomic E-state index is 6.34. The minimum atomic E-state index is -0.614. The number of hydrogen-bond donors (Lipinski definition) is 0. The molecule has 0 radical (unpaired) electrons. The van der Waals surface area contributed by atoms with Crippen molar-refractivity contribution in [3.05, 3.63) is 11.6 Å². The molecular formula is C13H19ClO4. The Morgan fingerprint density at radius 1 is 1.06 bits per heavy atom. The molecule has 2 aliphatic heterocycles. The Hall–Kier alpha value is -0.130. The Morgan fingerprint density at radius 3 is 2.44 bits per heavy atom. The Morgan fingerprint density at radius 2 is 1.72 bits per heavy atom. The summed E-state index contributed by atoms with van der Waals surface area (Å²) in [6.45, 7) is 8.16. The number of rotatable bonds is 0. The molecule has 0 amide bonds. The van der Waals surface area contributed by atoms with Gasteiger partial charge >= 0.3 is 0 Å². The van der Waals surface area contributed by atoms with Crippen molar-refractivity contribution >= 4 is 11.6 Å². The highest BCUT2D eigenvalue weighted by atomic mass is 35.5. The molecule has 1 aliphatic carbocycles. The van der Waals surface area contributed by atoms with E-state index in [0.29, 0.717) is 6.61 Å². The van der Waals surface area contributed by atoms with E-state index in [1.165, 1.54) is 0 Å². The molecule has 2 saturated heterocycles. The minimum Gasteiger partial charge on any atom is -0.346 e. The summed E-state index contributed by atoms with van der Waals surface area (Å²) in [4.78, 5) is 0. The highest BCUT2D eigenvalue weighted by Gasteiger charge is 2.54. The Labute approximate surface area is 112 Å². The lowest BCUT2D eigenvalue weighted by molar-refractivity contribution is -0.273. The predicted molar refractivity (Wildman–Crippen MR) is 66.5 cm³/mol. The lowest BCUT2D eigenvalue weighted by atomic mass is 9.90. The molecule has 102 valence electrons. The van der Waals surface area contributed by atoms with E-state index in [4.69, 9.17) is 30.5 Å². The van der Waals surface area contributed by atoms with Gasteiger partial charge in [-0.25, -0.2) is 0 Å². The maximum absolute atomic E-state index is 6.34. The van der Waals surface area contributed by atoms with Crippen LogP contribution in [-0.2, 0) is 18.9 Å². The highest BCUT2D eigenvalue weighted by molar-refractivity contribution is 6.22. The third-order valence-electron chi connectivity index (χ3n) is 3.51. The van der Waals surface area contributed by atoms with Gasteiger partial charge in [0.1, 0.15) is 18.3 Å². The number of hydrogen-bond acceptors (Lipinski definition) is 4. The summed E-state index contributed by atoms with van der Waals surface area (Å²) in [5.41, 5.74) is 1.05. The molecule has 3 rings (SSSR count). The summed E-state index contributed by atoms with van der Waals surface area (Å²) in [6.07, 6.45) is 1.53. The average Bonchev–Trinajstić information content (AvgIpc) is 2.56. The summed E-state index contributed by atoms with van der Waals surface area (Å²) >= 11 is 6.34. The monoisotopic (exact) mass is 274 g/mol. The standard InChI is InChI=1S/C13H19ClO4/c1-12(2)15-6-7-5-8(14)10-11(9(7)16-12)18-13(3,4)17-10/h5,8-11H,6H2,1-4H3/t8-,9+,10-,11-/m0/s1. The first-order chi connectivity index (χ1) is 8.27. The van der Waals surface area contributed by atoms with Crippen molar-refractivity contribution in [2.75, 3.05) is 6.61 Å². The van der Waals surface area contributed by atoms with Crippen LogP contribution in [0.15, 0.2) is 11.6 Å². The highest BCUT2D eigenvalue weighted by Crippen LogP contribution is 2.42. The smallest absolute Gasteiger partial charge is 0.164 e. The minimum absolute atomic E-state index is 0.129. The van der Waals surface area contributed by atoms with Crippen LogP contribution in [0.5, 0.6) is 0 Å². The summed E-state index contributed by atoms with van der Waals surface area (Å²) < 4.78 is 23.4. The molecule has 0 N–H and O–H groups in total. The zero-order chi connectivity index (χ0) is 13.1. The van der Waals surface area contributed by atoms with Gasteiger partial charge in [0.15, 0.2) is 11.6 Å². The van der Waals surface area contributed by atoms with Crippen LogP contribution in [0, 0.1) is 0 Å². The van der Waals surface area contributed by atoms with Crippen LogP contribution in [0.1, 0.15) is 27.7 Å². The number of alkyl halides is 1. The molecule has 4 nitrogen and oxygen atoms in total. The van der Waals surface area contributed by atoms with Crippen molar-refractivity contribution in [3.8, 4) is 0 Å². The molecule has 2 fully saturated rings. The summed E-state index contributed by atoms with van der Waals surface area (Å²) in [5.74, 6) is -1.21. The van der Waals surface area contributed by atoms with E-state index < -0.39 is 11.6 Å². The second kappa shape index (κ2) is 3.93. The first kappa shape index (κ1) is 12.9. The van der Waals surface area contributed by atoms with E-state index in [0.717, 1.165) is 5.57 Å². The van der Waals surface area contributed by atoms with Gasteiger partial charge in [-0.3, -0.25) is 0 Å². The normalized spacial score (nSPS) is 45.1. The average molecular weight is 275 g/mol. The fraction of sp³-hybridized carbons (Fsp3) is 0.846. The SMILES string of the molecule is CC1(C)O[C@@H]2[C@@H](O1)[C@@H](Cl)C=C1COC(C)(C)O[C@H]12. The third-order valence-corrected chi connectivity index (χ3v) is 3.89. The number of fused-ring (bicyclic) bond motifs is 3. The van der Waals surface area contributed by atoms with E-state index >= 15 is 0 Å². The van der Waals surface area contributed by atoms with Gasteiger partial charge in [0.25, 0.3) is 0 Å². The van der Waals surface area contributed by atoms with Gasteiger partial charge in [-0.15, -0.1) is 11.6 Å². The molecule has 2 heterocycles. The van der Waals surface area contributed by atoms with Crippen molar-refractivity contribution in [3.63, 3.8) is 0 Å².